The van der Waals surface area contributed by atoms with E-state index in [-0.39, 0.29) is 0 Å². The van der Waals surface area contributed by atoms with Crippen LogP contribution in [0.2, 0.25) is 0 Å². The van der Waals surface area contributed by atoms with Gasteiger partial charge in [0.15, 0.2) is 0 Å². The van der Waals surface area contributed by atoms with Crippen molar-refractivity contribution in [1.82, 2.24) is 0 Å². The predicted molar refractivity (Wildman–Crippen MR) is 59.2 cm³/mol. The number of ether oxygens (including phenoxy) is 1. The molecule has 1 rings (SSSR count). The van der Waals surface area contributed by atoms with Gasteiger partial charge in [0.05, 0.1) is 13.2 Å². The van der Waals surface area contributed by atoms with Gasteiger partial charge in [-0.25, -0.2) is 0 Å². The maximum atomic E-state index is 5.49. The van der Waals surface area contributed by atoms with Crippen LogP contribution in [0, 0.1) is 19.9 Å². The molecule has 0 saturated carbocycles. The molecule has 0 amide bonds. The lowest BCUT2D eigenvalue weighted by molar-refractivity contribution is 0.142. The zero-order valence-electron chi connectivity index (χ0n) is 9.18. The Balaban J connectivity index is 2.59. The molecule has 0 fully saturated rings. The Hall–Kier alpha value is -1.08. The second kappa shape index (κ2) is 4.97. The van der Waals surface area contributed by atoms with Crippen LogP contribution in [0.1, 0.15) is 23.6 Å². The molecule has 1 heteroatoms. The monoisotopic (exact) mass is 189 g/mol. The summed E-state index contributed by atoms with van der Waals surface area (Å²) in [5, 5.41) is 0. The Morgan fingerprint density at radius 1 is 1.50 bits per heavy atom. The van der Waals surface area contributed by atoms with Crippen LogP contribution in [-0.4, -0.2) is 6.61 Å². The van der Waals surface area contributed by atoms with Crippen molar-refractivity contribution in [3.63, 3.8) is 0 Å². The molecule has 0 saturated heterocycles. The fraction of sp³-hybridized carbons (Fsp3) is 0.385. The van der Waals surface area contributed by atoms with E-state index < -0.39 is 0 Å². The van der Waals surface area contributed by atoms with Gasteiger partial charge in [-0.05, 0) is 43.5 Å². The predicted octanol–water partition coefficient (Wildman–Crippen LogP) is 3.20. The van der Waals surface area contributed by atoms with E-state index in [1.165, 1.54) is 11.1 Å². The highest BCUT2D eigenvalue weighted by molar-refractivity contribution is 5.31. The third-order valence-electron chi connectivity index (χ3n) is 2.23. The second-order valence-corrected chi connectivity index (χ2v) is 3.71. The Morgan fingerprint density at radius 2 is 2.21 bits per heavy atom. The summed E-state index contributed by atoms with van der Waals surface area (Å²) >= 11 is 0. The molecule has 0 aliphatic heterocycles. The van der Waals surface area contributed by atoms with Crippen LogP contribution in [-0.2, 0) is 11.3 Å². The molecule has 1 nitrogen and oxygen atoms in total. The maximum Gasteiger partial charge on any atom is 0.0729 e. The van der Waals surface area contributed by atoms with Crippen molar-refractivity contribution >= 4 is 0 Å². The standard InChI is InChI=1S/C13H17O/c1-10(2)8-14-9-13-7-5-6-11(3)12(13)4/h5-6H,1,8-9H2,2-4H3. The molecule has 0 unspecified atom stereocenters. The van der Waals surface area contributed by atoms with Gasteiger partial charge in [-0.15, -0.1) is 0 Å². The minimum absolute atomic E-state index is 0.625. The van der Waals surface area contributed by atoms with Crippen LogP contribution in [0.25, 0.3) is 0 Å². The molecule has 0 bridgehead atoms. The van der Waals surface area contributed by atoms with E-state index in [4.69, 9.17) is 4.74 Å². The molecule has 0 heterocycles. The number of aryl methyl sites for hydroxylation is 1. The fourth-order valence-electron chi connectivity index (χ4n) is 1.22. The van der Waals surface area contributed by atoms with Crippen molar-refractivity contribution in [2.75, 3.05) is 6.61 Å². The molecule has 0 aliphatic carbocycles. The van der Waals surface area contributed by atoms with Crippen molar-refractivity contribution in [2.45, 2.75) is 27.4 Å². The summed E-state index contributed by atoms with van der Waals surface area (Å²) < 4.78 is 5.49. The zero-order chi connectivity index (χ0) is 10.6. The smallest absolute Gasteiger partial charge is 0.0729 e. The van der Waals surface area contributed by atoms with E-state index in [2.05, 4.69) is 32.6 Å². The van der Waals surface area contributed by atoms with Gasteiger partial charge < -0.3 is 4.74 Å². The van der Waals surface area contributed by atoms with Crippen molar-refractivity contribution in [3.05, 3.63) is 47.0 Å². The highest BCUT2D eigenvalue weighted by Gasteiger charge is 2.00. The van der Waals surface area contributed by atoms with Crippen molar-refractivity contribution in [3.8, 4) is 0 Å². The normalized spacial score (nSPS) is 10.2. The number of hydrogen-bond donors (Lipinski definition) is 0. The first kappa shape index (κ1) is 11.0. The van der Waals surface area contributed by atoms with Gasteiger partial charge in [0, 0.05) is 0 Å². The number of hydrogen-bond acceptors (Lipinski definition) is 1. The highest BCUT2D eigenvalue weighted by Crippen LogP contribution is 2.13. The van der Waals surface area contributed by atoms with Crippen LogP contribution in [0.4, 0.5) is 0 Å². The fourth-order valence-corrected chi connectivity index (χ4v) is 1.22. The summed E-state index contributed by atoms with van der Waals surface area (Å²) in [6.07, 6.45) is 0. The van der Waals surface area contributed by atoms with Gasteiger partial charge in [-0.1, -0.05) is 24.3 Å². The zero-order valence-corrected chi connectivity index (χ0v) is 9.18. The molecule has 0 N–H and O–H groups in total. The largest absolute Gasteiger partial charge is 0.372 e. The summed E-state index contributed by atoms with van der Waals surface area (Å²) in [6.45, 7) is 11.2. The van der Waals surface area contributed by atoms with Gasteiger partial charge >= 0.3 is 0 Å². The molecule has 0 aliphatic rings. The third-order valence-corrected chi connectivity index (χ3v) is 2.23. The molecule has 0 spiro atoms. The van der Waals surface area contributed by atoms with Gasteiger partial charge in [-0.2, -0.15) is 0 Å². The van der Waals surface area contributed by atoms with Gasteiger partial charge in [0.25, 0.3) is 0 Å². The molecule has 0 aromatic heterocycles. The quantitative estimate of drug-likeness (QED) is 0.661. The van der Waals surface area contributed by atoms with E-state index in [0.717, 1.165) is 11.1 Å². The molecular formula is C13H17O. The topological polar surface area (TPSA) is 9.23 Å². The molecule has 0 atom stereocenters. The van der Waals surface area contributed by atoms with E-state index >= 15 is 0 Å². The lowest BCUT2D eigenvalue weighted by atomic mass is 10.0. The third kappa shape index (κ3) is 3.00. The molecular weight excluding hydrogens is 172 g/mol. The average molecular weight is 189 g/mol. The lowest BCUT2D eigenvalue weighted by Gasteiger charge is -2.08. The van der Waals surface area contributed by atoms with Gasteiger partial charge in [-0.3, -0.25) is 0 Å². The number of rotatable bonds is 4. The number of benzene rings is 1. The van der Waals surface area contributed by atoms with E-state index in [1.807, 2.05) is 13.0 Å². The SMILES string of the molecule is C=C(C)COCc1[c]ccc(C)c1C. The first-order valence-electron chi connectivity index (χ1n) is 4.80. The molecule has 1 aromatic rings. The molecule has 1 radical (unpaired) electrons. The lowest BCUT2D eigenvalue weighted by Crippen LogP contribution is -1.99. The Bertz CT molecular complexity index is 326. The Kier molecular flexibility index (Phi) is 3.90. The van der Waals surface area contributed by atoms with Gasteiger partial charge in [0.2, 0.25) is 0 Å². The second-order valence-electron chi connectivity index (χ2n) is 3.71. The van der Waals surface area contributed by atoms with Crippen molar-refractivity contribution in [1.29, 1.82) is 0 Å². The molecule has 1 aromatic carbocycles. The maximum absolute atomic E-state index is 5.49. The summed E-state index contributed by atoms with van der Waals surface area (Å²) in [6, 6.07) is 7.21. The van der Waals surface area contributed by atoms with Crippen LogP contribution >= 0.6 is 0 Å². The van der Waals surface area contributed by atoms with Crippen molar-refractivity contribution in [2.24, 2.45) is 0 Å². The molecule has 75 valence electrons. The minimum atomic E-state index is 0.625. The van der Waals surface area contributed by atoms with Crippen molar-refractivity contribution < 1.29 is 4.74 Å². The van der Waals surface area contributed by atoms with Crippen LogP contribution in [0.15, 0.2) is 24.3 Å². The molecule has 14 heavy (non-hydrogen) atoms. The van der Waals surface area contributed by atoms with E-state index in [1.54, 1.807) is 0 Å². The van der Waals surface area contributed by atoms with Crippen LogP contribution in [0.3, 0.4) is 0 Å². The van der Waals surface area contributed by atoms with E-state index in [0.29, 0.717) is 13.2 Å². The summed E-state index contributed by atoms with van der Waals surface area (Å²) in [7, 11) is 0. The first-order chi connectivity index (χ1) is 6.61. The minimum Gasteiger partial charge on any atom is -0.372 e. The van der Waals surface area contributed by atoms with Crippen LogP contribution in [0.5, 0.6) is 0 Å². The van der Waals surface area contributed by atoms with Gasteiger partial charge in [0.1, 0.15) is 0 Å². The average Bonchev–Trinajstić information content (AvgIpc) is 2.12. The Labute approximate surface area is 86.4 Å². The summed E-state index contributed by atoms with van der Waals surface area (Å²) in [4.78, 5) is 0. The Morgan fingerprint density at radius 3 is 2.86 bits per heavy atom. The summed E-state index contributed by atoms with van der Waals surface area (Å²) in [5.74, 6) is 0. The first-order valence-corrected chi connectivity index (χ1v) is 4.80. The summed E-state index contributed by atoms with van der Waals surface area (Å²) in [5.41, 5.74) is 4.76. The van der Waals surface area contributed by atoms with E-state index in [9.17, 15) is 0 Å². The van der Waals surface area contributed by atoms with Crippen LogP contribution < -0.4 is 0 Å². The highest BCUT2D eigenvalue weighted by atomic mass is 16.5.